The zero-order valence-electron chi connectivity index (χ0n) is 18.4. The van der Waals surface area contributed by atoms with Crippen LogP contribution in [0.15, 0.2) is 42.5 Å². The van der Waals surface area contributed by atoms with Crippen LogP contribution in [-0.2, 0) is 10.2 Å². The summed E-state index contributed by atoms with van der Waals surface area (Å²) in [4.78, 5) is 24.8. The summed E-state index contributed by atoms with van der Waals surface area (Å²) >= 11 is 0. The van der Waals surface area contributed by atoms with E-state index >= 15 is 0 Å². The molecule has 0 radical (unpaired) electrons. The van der Waals surface area contributed by atoms with Crippen LogP contribution in [0.5, 0.6) is 17.2 Å². The fourth-order valence-corrected chi connectivity index (χ4v) is 4.45. The SMILES string of the molecule is CCOc1ccc(C(=O)NCC(=O)NCC2(c3ccc4c(c3)OCCO4)CCCC2)cc1. The highest BCUT2D eigenvalue weighted by atomic mass is 16.6. The molecule has 2 amide bonds. The molecular formula is C25H30N2O5. The topological polar surface area (TPSA) is 85.9 Å². The van der Waals surface area contributed by atoms with E-state index in [1.54, 1.807) is 24.3 Å². The first-order chi connectivity index (χ1) is 15.6. The van der Waals surface area contributed by atoms with Gasteiger partial charge in [0, 0.05) is 17.5 Å². The summed E-state index contributed by atoms with van der Waals surface area (Å²) in [6, 6.07) is 13.0. The molecule has 2 N–H and O–H groups in total. The summed E-state index contributed by atoms with van der Waals surface area (Å²) < 4.78 is 16.8. The van der Waals surface area contributed by atoms with Crippen molar-refractivity contribution in [1.29, 1.82) is 0 Å². The minimum absolute atomic E-state index is 0.0662. The number of benzene rings is 2. The number of rotatable bonds is 8. The van der Waals surface area contributed by atoms with Gasteiger partial charge in [0.05, 0.1) is 13.2 Å². The largest absolute Gasteiger partial charge is 0.494 e. The monoisotopic (exact) mass is 438 g/mol. The molecule has 32 heavy (non-hydrogen) atoms. The third-order valence-electron chi connectivity index (χ3n) is 6.18. The summed E-state index contributed by atoms with van der Waals surface area (Å²) in [6.45, 7) is 4.06. The molecule has 1 saturated carbocycles. The van der Waals surface area contributed by atoms with Crippen LogP contribution >= 0.6 is 0 Å². The highest BCUT2D eigenvalue weighted by molar-refractivity contribution is 5.96. The van der Waals surface area contributed by atoms with E-state index in [9.17, 15) is 9.59 Å². The van der Waals surface area contributed by atoms with E-state index in [0.29, 0.717) is 37.7 Å². The third kappa shape index (κ3) is 4.98. The zero-order valence-corrected chi connectivity index (χ0v) is 18.4. The Morgan fingerprint density at radius 3 is 2.41 bits per heavy atom. The molecule has 1 aliphatic carbocycles. The Balaban J connectivity index is 1.33. The first-order valence-electron chi connectivity index (χ1n) is 11.3. The van der Waals surface area contributed by atoms with Gasteiger partial charge in [-0.3, -0.25) is 9.59 Å². The molecule has 0 saturated heterocycles. The summed E-state index contributed by atoms with van der Waals surface area (Å²) in [5, 5.41) is 5.72. The predicted molar refractivity (Wildman–Crippen MR) is 121 cm³/mol. The Morgan fingerprint density at radius 2 is 1.69 bits per heavy atom. The first-order valence-corrected chi connectivity index (χ1v) is 11.3. The van der Waals surface area contributed by atoms with Crippen molar-refractivity contribution >= 4 is 11.8 Å². The number of hydrogen-bond acceptors (Lipinski definition) is 5. The summed E-state index contributed by atoms with van der Waals surface area (Å²) in [5.41, 5.74) is 1.53. The van der Waals surface area contributed by atoms with Crippen molar-refractivity contribution in [2.75, 3.05) is 32.9 Å². The first kappa shape index (κ1) is 22.0. The Labute approximate surface area is 188 Å². The van der Waals surface area contributed by atoms with Crippen molar-refractivity contribution in [2.24, 2.45) is 0 Å². The number of nitrogens with one attached hydrogen (secondary N) is 2. The molecule has 0 aromatic heterocycles. The maximum absolute atomic E-state index is 12.5. The summed E-state index contributed by atoms with van der Waals surface area (Å²) in [6.07, 6.45) is 4.26. The van der Waals surface area contributed by atoms with E-state index < -0.39 is 0 Å². The van der Waals surface area contributed by atoms with Crippen LogP contribution in [0.2, 0.25) is 0 Å². The lowest BCUT2D eigenvalue weighted by molar-refractivity contribution is -0.120. The van der Waals surface area contributed by atoms with Crippen LogP contribution in [0.1, 0.15) is 48.5 Å². The smallest absolute Gasteiger partial charge is 0.251 e. The molecule has 0 spiro atoms. The predicted octanol–water partition coefficient (Wildman–Crippen LogP) is 3.21. The van der Waals surface area contributed by atoms with Crippen molar-refractivity contribution in [3.8, 4) is 17.2 Å². The number of carbonyl (C=O) groups excluding carboxylic acids is 2. The van der Waals surface area contributed by atoms with Gasteiger partial charge < -0.3 is 24.8 Å². The molecule has 2 aliphatic rings. The molecule has 2 aromatic carbocycles. The molecule has 170 valence electrons. The van der Waals surface area contributed by atoms with Gasteiger partial charge >= 0.3 is 0 Å². The van der Waals surface area contributed by atoms with Gasteiger partial charge in [0.15, 0.2) is 11.5 Å². The third-order valence-corrected chi connectivity index (χ3v) is 6.18. The Hall–Kier alpha value is -3.22. The molecule has 4 rings (SSSR count). The lowest BCUT2D eigenvalue weighted by Crippen LogP contribution is -2.43. The van der Waals surface area contributed by atoms with Gasteiger partial charge in [-0.25, -0.2) is 0 Å². The second-order valence-electron chi connectivity index (χ2n) is 8.26. The second kappa shape index (κ2) is 9.94. The number of ether oxygens (including phenoxy) is 3. The van der Waals surface area contributed by atoms with E-state index in [1.807, 2.05) is 13.0 Å². The molecule has 1 aliphatic heterocycles. The molecule has 7 heteroatoms. The zero-order chi connectivity index (χ0) is 22.4. The van der Waals surface area contributed by atoms with Crippen molar-refractivity contribution in [1.82, 2.24) is 10.6 Å². The molecule has 0 atom stereocenters. The lowest BCUT2D eigenvalue weighted by atomic mass is 9.78. The standard InChI is InChI=1S/C25H30N2O5/c1-2-30-20-8-5-18(6-9-20)24(29)26-16-23(28)27-17-25(11-3-4-12-25)19-7-10-21-22(15-19)32-14-13-31-21/h5-10,15H,2-4,11-14,16-17H2,1H3,(H,26,29)(H,27,28). The van der Waals surface area contributed by atoms with E-state index in [1.165, 1.54) is 0 Å². The van der Waals surface area contributed by atoms with Crippen molar-refractivity contribution in [3.63, 3.8) is 0 Å². The average molecular weight is 439 g/mol. The second-order valence-corrected chi connectivity index (χ2v) is 8.26. The maximum Gasteiger partial charge on any atom is 0.251 e. The van der Waals surface area contributed by atoms with Crippen LogP contribution in [-0.4, -0.2) is 44.7 Å². The summed E-state index contributed by atoms with van der Waals surface area (Å²) in [5.74, 6) is 1.77. The van der Waals surface area contributed by atoms with Crippen molar-refractivity contribution in [2.45, 2.75) is 38.0 Å². The van der Waals surface area contributed by atoms with Gasteiger partial charge in [0.2, 0.25) is 5.91 Å². The molecule has 2 aromatic rings. The Morgan fingerprint density at radius 1 is 0.969 bits per heavy atom. The fraction of sp³-hybridized carbons (Fsp3) is 0.440. The van der Waals surface area contributed by atoms with E-state index in [0.717, 1.165) is 42.7 Å². The van der Waals surface area contributed by atoms with Crippen LogP contribution in [0, 0.1) is 0 Å². The van der Waals surface area contributed by atoms with Crippen LogP contribution in [0.3, 0.4) is 0 Å². The molecule has 0 bridgehead atoms. The van der Waals surface area contributed by atoms with Gasteiger partial charge in [-0.05, 0) is 61.7 Å². The van der Waals surface area contributed by atoms with Gasteiger partial charge in [-0.1, -0.05) is 18.9 Å². The Kier molecular flexibility index (Phi) is 6.83. The van der Waals surface area contributed by atoms with Crippen LogP contribution < -0.4 is 24.8 Å². The quantitative estimate of drug-likeness (QED) is 0.661. The van der Waals surface area contributed by atoms with Gasteiger partial charge in [-0.15, -0.1) is 0 Å². The Bertz CT molecular complexity index is 951. The van der Waals surface area contributed by atoms with E-state index in [4.69, 9.17) is 14.2 Å². The number of fused-ring (bicyclic) bond motifs is 1. The molecule has 0 unspecified atom stereocenters. The number of carbonyl (C=O) groups is 2. The van der Waals surface area contributed by atoms with Crippen molar-refractivity contribution in [3.05, 3.63) is 53.6 Å². The minimum Gasteiger partial charge on any atom is -0.494 e. The number of amides is 2. The highest BCUT2D eigenvalue weighted by Gasteiger charge is 2.36. The molecule has 7 nitrogen and oxygen atoms in total. The average Bonchev–Trinajstić information content (AvgIpc) is 3.32. The maximum atomic E-state index is 12.5. The lowest BCUT2D eigenvalue weighted by Gasteiger charge is -2.31. The minimum atomic E-state index is -0.286. The molecular weight excluding hydrogens is 408 g/mol. The van der Waals surface area contributed by atoms with Crippen LogP contribution in [0.25, 0.3) is 0 Å². The van der Waals surface area contributed by atoms with Crippen molar-refractivity contribution < 1.29 is 23.8 Å². The van der Waals surface area contributed by atoms with E-state index in [2.05, 4.69) is 22.8 Å². The van der Waals surface area contributed by atoms with E-state index in [-0.39, 0.29) is 23.8 Å². The van der Waals surface area contributed by atoms with Crippen LogP contribution in [0.4, 0.5) is 0 Å². The van der Waals surface area contributed by atoms with Gasteiger partial charge in [0.25, 0.3) is 5.91 Å². The fourth-order valence-electron chi connectivity index (χ4n) is 4.45. The summed E-state index contributed by atoms with van der Waals surface area (Å²) in [7, 11) is 0. The highest BCUT2D eigenvalue weighted by Crippen LogP contribution is 2.43. The van der Waals surface area contributed by atoms with Gasteiger partial charge in [-0.2, -0.15) is 0 Å². The molecule has 1 fully saturated rings. The van der Waals surface area contributed by atoms with Gasteiger partial charge in [0.1, 0.15) is 19.0 Å². The number of hydrogen-bond donors (Lipinski definition) is 2. The normalized spacial score (nSPS) is 16.3. The molecule has 1 heterocycles.